The van der Waals surface area contributed by atoms with Gasteiger partial charge in [0.1, 0.15) is 5.69 Å². The second-order valence-electron chi connectivity index (χ2n) is 5.84. The topological polar surface area (TPSA) is 106 Å². The summed E-state index contributed by atoms with van der Waals surface area (Å²) in [6.45, 7) is -0.593. The molecule has 140 valence electrons. The summed E-state index contributed by atoms with van der Waals surface area (Å²) >= 11 is 1.27. The molecule has 0 aliphatic carbocycles. The van der Waals surface area contributed by atoms with Gasteiger partial charge >= 0.3 is 5.97 Å². The Labute approximate surface area is 159 Å². The molecule has 3 amide bonds. The van der Waals surface area contributed by atoms with Gasteiger partial charge in [-0.15, -0.1) is 11.8 Å². The quantitative estimate of drug-likeness (QED) is 0.750. The number of benzene rings is 1. The molecule has 0 radical (unpaired) electrons. The molecule has 0 saturated carbocycles. The molecule has 2 heterocycles. The number of para-hydroxylation sites is 1. The summed E-state index contributed by atoms with van der Waals surface area (Å²) in [4.78, 5) is 48.6. The van der Waals surface area contributed by atoms with Crippen LogP contribution in [0.5, 0.6) is 0 Å². The number of nitrogens with zero attached hydrogens (tertiary/aromatic N) is 1. The summed E-state index contributed by atoms with van der Waals surface area (Å²) in [5, 5.41) is 4.24. The van der Waals surface area contributed by atoms with E-state index in [1.807, 2.05) is 18.2 Å². The number of anilines is 1. The van der Waals surface area contributed by atoms with Crippen LogP contribution in [0.1, 0.15) is 16.9 Å². The molecule has 1 aliphatic heterocycles. The molecule has 0 bridgehead atoms. The van der Waals surface area contributed by atoms with Gasteiger partial charge in [0.25, 0.3) is 11.8 Å². The summed E-state index contributed by atoms with van der Waals surface area (Å²) in [5.41, 5.74) is 1.01. The molecule has 8 nitrogen and oxygen atoms in total. The van der Waals surface area contributed by atoms with Gasteiger partial charge in [0.15, 0.2) is 6.61 Å². The Kier molecular flexibility index (Phi) is 5.60. The van der Waals surface area contributed by atoms with E-state index in [2.05, 4.69) is 10.6 Å². The van der Waals surface area contributed by atoms with Crippen molar-refractivity contribution >= 4 is 41.1 Å². The van der Waals surface area contributed by atoms with Crippen molar-refractivity contribution in [1.82, 2.24) is 9.88 Å². The number of aryl methyl sites for hydroxylation is 1. The van der Waals surface area contributed by atoms with Crippen LogP contribution in [-0.2, 0) is 26.2 Å². The highest BCUT2D eigenvalue weighted by atomic mass is 32.2. The molecule has 1 aromatic heterocycles. The first-order valence-electron chi connectivity index (χ1n) is 8.11. The number of carbonyl (C=O) groups is 4. The van der Waals surface area contributed by atoms with Crippen molar-refractivity contribution in [3.8, 4) is 0 Å². The number of rotatable bonds is 5. The fourth-order valence-corrected chi connectivity index (χ4v) is 3.60. The van der Waals surface area contributed by atoms with Gasteiger partial charge in [-0.2, -0.15) is 0 Å². The van der Waals surface area contributed by atoms with Crippen LogP contribution in [-0.4, -0.2) is 40.1 Å². The van der Waals surface area contributed by atoms with Gasteiger partial charge in [-0.05, 0) is 24.3 Å². The second-order valence-corrected chi connectivity index (χ2v) is 7.08. The van der Waals surface area contributed by atoms with Crippen LogP contribution < -0.4 is 10.6 Å². The minimum atomic E-state index is -0.736. The highest BCUT2D eigenvalue weighted by molar-refractivity contribution is 8.01. The molecule has 27 heavy (non-hydrogen) atoms. The molecular weight excluding hydrogens is 370 g/mol. The highest BCUT2D eigenvalue weighted by Crippen LogP contribution is 2.36. The number of carbonyl (C=O) groups excluding carboxylic acids is 4. The molecule has 1 aromatic carbocycles. The van der Waals surface area contributed by atoms with Crippen LogP contribution in [0.4, 0.5) is 5.69 Å². The van der Waals surface area contributed by atoms with Crippen molar-refractivity contribution < 1.29 is 23.9 Å². The van der Waals surface area contributed by atoms with Crippen molar-refractivity contribution in [3.63, 3.8) is 0 Å². The third kappa shape index (κ3) is 4.56. The lowest BCUT2D eigenvalue weighted by atomic mass is 10.2. The average Bonchev–Trinajstić information content (AvgIpc) is 3.07. The SMILES string of the molecule is Cn1cccc1C(=O)NC(=O)COC(=O)C[C@H]1Sc2ccccc2NC1=O. The maximum atomic E-state index is 12.1. The minimum Gasteiger partial charge on any atom is -0.456 e. The van der Waals surface area contributed by atoms with E-state index in [-0.39, 0.29) is 12.3 Å². The number of fused-ring (bicyclic) bond motifs is 1. The van der Waals surface area contributed by atoms with Crippen LogP contribution in [0.3, 0.4) is 0 Å². The third-order valence-corrected chi connectivity index (χ3v) is 5.13. The molecular formula is C18H17N3O5S. The molecule has 0 unspecified atom stereocenters. The summed E-state index contributed by atoms with van der Waals surface area (Å²) < 4.78 is 6.45. The van der Waals surface area contributed by atoms with Gasteiger partial charge in [0.05, 0.1) is 17.4 Å². The molecule has 0 saturated heterocycles. The fourth-order valence-electron chi connectivity index (χ4n) is 2.51. The molecule has 2 aromatic rings. The zero-order chi connectivity index (χ0) is 19.4. The normalized spacial score (nSPS) is 15.4. The van der Waals surface area contributed by atoms with Gasteiger partial charge in [-0.3, -0.25) is 24.5 Å². The Morgan fingerprint density at radius 3 is 2.74 bits per heavy atom. The van der Waals surface area contributed by atoms with Crippen LogP contribution in [0.2, 0.25) is 0 Å². The van der Waals surface area contributed by atoms with E-state index in [9.17, 15) is 19.2 Å². The Morgan fingerprint density at radius 1 is 1.22 bits per heavy atom. The lowest BCUT2D eigenvalue weighted by Crippen LogP contribution is -2.36. The maximum Gasteiger partial charge on any atom is 0.307 e. The van der Waals surface area contributed by atoms with Crippen molar-refractivity contribution in [1.29, 1.82) is 0 Å². The molecule has 1 aliphatic rings. The van der Waals surface area contributed by atoms with Crippen LogP contribution in [0.15, 0.2) is 47.5 Å². The number of hydrogen-bond donors (Lipinski definition) is 2. The monoisotopic (exact) mass is 387 g/mol. The van der Waals surface area contributed by atoms with Gasteiger partial charge in [-0.1, -0.05) is 12.1 Å². The minimum absolute atomic E-state index is 0.177. The first-order valence-corrected chi connectivity index (χ1v) is 8.99. The molecule has 0 fully saturated rings. The number of aromatic nitrogens is 1. The number of thioether (sulfide) groups is 1. The van der Waals surface area contributed by atoms with Crippen molar-refractivity contribution in [2.24, 2.45) is 7.05 Å². The maximum absolute atomic E-state index is 12.1. The van der Waals surface area contributed by atoms with E-state index < -0.39 is 29.6 Å². The third-order valence-electron chi connectivity index (χ3n) is 3.85. The predicted molar refractivity (Wildman–Crippen MR) is 98.2 cm³/mol. The van der Waals surface area contributed by atoms with E-state index in [0.717, 1.165) is 4.90 Å². The lowest BCUT2D eigenvalue weighted by molar-refractivity contribution is -0.148. The highest BCUT2D eigenvalue weighted by Gasteiger charge is 2.29. The van der Waals surface area contributed by atoms with Crippen LogP contribution in [0.25, 0.3) is 0 Å². The molecule has 0 spiro atoms. The van der Waals surface area contributed by atoms with Crippen LogP contribution in [0, 0.1) is 0 Å². The number of imide groups is 1. The van der Waals surface area contributed by atoms with Gasteiger partial charge in [-0.25, -0.2) is 0 Å². The fraction of sp³-hybridized carbons (Fsp3) is 0.222. The largest absolute Gasteiger partial charge is 0.456 e. The van der Waals surface area contributed by atoms with Crippen LogP contribution >= 0.6 is 11.8 Å². The van der Waals surface area contributed by atoms with Gasteiger partial charge in [0, 0.05) is 18.1 Å². The van der Waals surface area contributed by atoms with E-state index in [4.69, 9.17) is 4.74 Å². The van der Waals surface area contributed by atoms with Crippen molar-refractivity contribution in [3.05, 3.63) is 48.3 Å². The molecule has 1 atom stereocenters. The summed E-state index contributed by atoms with van der Waals surface area (Å²) in [7, 11) is 1.67. The van der Waals surface area contributed by atoms with E-state index in [1.54, 1.807) is 36.0 Å². The Morgan fingerprint density at radius 2 is 2.00 bits per heavy atom. The Bertz CT molecular complexity index is 908. The first kappa shape index (κ1) is 18.7. The first-order chi connectivity index (χ1) is 12.9. The Hall–Kier alpha value is -3.07. The van der Waals surface area contributed by atoms with E-state index in [0.29, 0.717) is 11.4 Å². The average molecular weight is 387 g/mol. The lowest BCUT2D eigenvalue weighted by Gasteiger charge is -2.23. The van der Waals surface area contributed by atoms with E-state index in [1.165, 1.54) is 11.8 Å². The van der Waals surface area contributed by atoms with Crippen molar-refractivity contribution in [2.45, 2.75) is 16.6 Å². The van der Waals surface area contributed by atoms with Crippen molar-refractivity contribution in [2.75, 3.05) is 11.9 Å². The zero-order valence-corrected chi connectivity index (χ0v) is 15.2. The number of ether oxygens (including phenoxy) is 1. The Balaban J connectivity index is 1.47. The molecule has 2 N–H and O–H groups in total. The number of nitrogens with one attached hydrogen (secondary N) is 2. The second kappa shape index (κ2) is 8.09. The van der Waals surface area contributed by atoms with Gasteiger partial charge in [0.2, 0.25) is 5.91 Å². The molecule has 3 rings (SSSR count). The summed E-state index contributed by atoms with van der Waals surface area (Å²) in [6, 6.07) is 10.5. The zero-order valence-electron chi connectivity index (χ0n) is 14.4. The number of amides is 3. The van der Waals surface area contributed by atoms with E-state index >= 15 is 0 Å². The smallest absolute Gasteiger partial charge is 0.307 e. The number of esters is 1. The summed E-state index contributed by atoms with van der Waals surface area (Å²) in [6.07, 6.45) is 1.49. The summed E-state index contributed by atoms with van der Waals surface area (Å²) in [5.74, 6) is -2.30. The molecule has 9 heteroatoms. The predicted octanol–water partition coefficient (Wildman–Crippen LogP) is 1.33. The number of hydrogen-bond acceptors (Lipinski definition) is 6. The van der Waals surface area contributed by atoms with Gasteiger partial charge < -0.3 is 14.6 Å². The standard InChI is InChI=1S/C18H17N3O5S/c1-21-8-4-6-12(21)17(24)20-15(22)10-26-16(23)9-14-18(25)19-11-5-2-3-7-13(11)27-14/h2-8,14H,9-10H2,1H3,(H,19,25)(H,20,22,24)/t14-/m1/s1.